The van der Waals surface area contributed by atoms with Crippen LogP contribution in [0.3, 0.4) is 0 Å². The maximum atomic E-state index is 12.0. The summed E-state index contributed by atoms with van der Waals surface area (Å²) in [7, 11) is -8.14. The van der Waals surface area contributed by atoms with Crippen molar-refractivity contribution in [2.75, 3.05) is 13.2 Å². The highest BCUT2D eigenvalue weighted by atomic mass is 31.3. The van der Waals surface area contributed by atoms with Crippen LogP contribution in [0.25, 0.3) is 0 Å². The van der Waals surface area contributed by atoms with Crippen LogP contribution in [-0.4, -0.2) is 18.1 Å². The molecular formula is C10H22O6P2. The van der Waals surface area contributed by atoms with Gasteiger partial charge in [0.1, 0.15) is 0 Å². The lowest BCUT2D eigenvalue weighted by atomic mass is 10.3. The quantitative estimate of drug-likeness (QED) is 0.646. The fraction of sp³-hybridized carbons (Fsp3) is 0.800. The van der Waals surface area contributed by atoms with E-state index < -0.39 is 15.4 Å². The zero-order valence-corrected chi connectivity index (χ0v) is 13.1. The van der Waals surface area contributed by atoms with Gasteiger partial charge in [0.05, 0.1) is 13.2 Å². The molecule has 18 heavy (non-hydrogen) atoms. The zero-order chi connectivity index (χ0) is 14.2. The Labute approximate surface area is 108 Å². The van der Waals surface area contributed by atoms with E-state index in [0.717, 1.165) is 0 Å². The molecule has 0 saturated carbocycles. The van der Waals surface area contributed by atoms with Gasteiger partial charge in [-0.05, 0) is 26.7 Å². The number of phosphoric acid groups is 1. The van der Waals surface area contributed by atoms with E-state index in [0.29, 0.717) is 12.8 Å². The van der Waals surface area contributed by atoms with Gasteiger partial charge in [-0.15, -0.1) is 0 Å². The summed E-state index contributed by atoms with van der Waals surface area (Å²) in [6, 6.07) is 0. The highest BCUT2D eigenvalue weighted by Crippen LogP contribution is 2.66. The van der Waals surface area contributed by atoms with E-state index in [-0.39, 0.29) is 18.5 Å². The van der Waals surface area contributed by atoms with Crippen molar-refractivity contribution < 1.29 is 27.4 Å². The molecule has 8 heteroatoms. The van der Waals surface area contributed by atoms with Crippen molar-refractivity contribution in [1.29, 1.82) is 0 Å². The Morgan fingerprint density at radius 3 is 1.94 bits per heavy atom. The van der Waals surface area contributed by atoms with Gasteiger partial charge in [0, 0.05) is 5.31 Å². The monoisotopic (exact) mass is 300 g/mol. The molecule has 0 aliphatic heterocycles. The van der Waals surface area contributed by atoms with Gasteiger partial charge in [-0.2, -0.15) is 0 Å². The lowest BCUT2D eigenvalue weighted by Gasteiger charge is -2.20. The van der Waals surface area contributed by atoms with Crippen molar-refractivity contribution in [1.82, 2.24) is 0 Å². The Morgan fingerprint density at radius 2 is 1.61 bits per heavy atom. The van der Waals surface area contributed by atoms with Crippen LogP contribution in [0.5, 0.6) is 0 Å². The largest absolute Gasteiger partial charge is 0.482 e. The third-order valence-corrected chi connectivity index (χ3v) is 6.01. The summed E-state index contributed by atoms with van der Waals surface area (Å²) in [5.41, 5.74) is 0. The Morgan fingerprint density at radius 1 is 1.11 bits per heavy atom. The predicted octanol–water partition coefficient (Wildman–Crippen LogP) is 4.07. The Kier molecular flexibility index (Phi) is 8.28. The topological polar surface area (TPSA) is 82.1 Å². The third kappa shape index (κ3) is 5.79. The minimum absolute atomic E-state index is 0.0657. The van der Waals surface area contributed by atoms with Crippen LogP contribution in [0.2, 0.25) is 0 Å². The van der Waals surface area contributed by atoms with Gasteiger partial charge in [-0.1, -0.05) is 19.9 Å². The van der Waals surface area contributed by atoms with Crippen LogP contribution in [-0.2, 0) is 22.5 Å². The maximum Gasteiger partial charge on any atom is 0.482 e. The highest BCUT2D eigenvalue weighted by molar-refractivity contribution is 7.67. The average molecular weight is 300 g/mol. The molecular weight excluding hydrogens is 278 g/mol. The molecule has 6 nitrogen and oxygen atoms in total. The first kappa shape index (κ1) is 18.0. The fourth-order valence-electron chi connectivity index (χ4n) is 1.28. The van der Waals surface area contributed by atoms with Crippen LogP contribution in [0.15, 0.2) is 11.4 Å². The smallest absolute Gasteiger partial charge is 0.321 e. The predicted molar refractivity (Wildman–Crippen MR) is 70.4 cm³/mol. The second-order valence-electron chi connectivity index (χ2n) is 3.34. The summed E-state index contributed by atoms with van der Waals surface area (Å²) in [6.07, 6.45) is 2.51. The van der Waals surface area contributed by atoms with Gasteiger partial charge in [0.15, 0.2) is 0 Å². The molecule has 0 aromatic heterocycles. The molecule has 0 aromatic carbocycles. The first-order valence-corrected chi connectivity index (χ1v) is 9.01. The molecule has 0 radical (unpaired) electrons. The summed E-state index contributed by atoms with van der Waals surface area (Å²) in [5, 5.41) is 0.213. The summed E-state index contributed by atoms with van der Waals surface area (Å²) < 4.78 is 38.5. The summed E-state index contributed by atoms with van der Waals surface area (Å²) in [6.45, 7) is 6.88. The second-order valence-corrected chi connectivity index (χ2v) is 7.02. The van der Waals surface area contributed by atoms with Gasteiger partial charge in [0.25, 0.3) is 0 Å². The van der Waals surface area contributed by atoms with Crippen molar-refractivity contribution in [2.45, 2.75) is 40.5 Å². The average Bonchev–Trinajstić information content (AvgIpc) is 2.24. The molecule has 108 valence electrons. The van der Waals surface area contributed by atoms with Crippen molar-refractivity contribution in [3.8, 4) is 0 Å². The summed E-state index contributed by atoms with van der Waals surface area (Å²) in [5.74, 6) is 0. The molecule has 0 spiro atoms. The van der Waals surface area contributed by atoms with E-state index in [9.17, 15) is 14.0 Å². The number of hydrogen-bond donors (Lipinski definition) is 1. The highest BCUT2D eigenvalue weighted by Gasteiger charge is 2.38. The third-order valence-electron chi connectivity index (χ3n) is 1.95. The molecule has 1 N–H and O–H groups in total. The van der Waals surface area contributed by atoms with Crippen molar-refractivity contribution in [2.24, 2.45) is 0 Å². The number of phosphoric ester groups is 1. The Bertz CT molecular complexity index is 355. The standard InChI is InChI=1S/C10H22O6P2/c1-5-9-10(6-2)17(11,12)16-18(13,14-7-3)15-8-4/h9H,5-8H2,1-4H3,(H,11,12). The van der Waals surface area contributed by atoms with Gasteiger partial charge in [0.2, 0.25) is 0 Å². The van der Waals surface area contributed by atoms with Crippen molar-refractivity contribution >= 4 is 15.4 Å². The molecule has 0 saturated heterocycles. The van der Waals surface area contributed by atoms with Gasteiger partial charge >= 0.3 is 15.4 Å². The first-order valence-electron chi connectivity index (χ1n) is 5.98. The lowest BCUT2D eigenvalue weighted by Crippen LogP contribution is -2.00. The van der Waals surface area contributed by atoms with E-state index in [1.807, 2.05) is 6.92 Å². The van der Waals surface area contributed by atoms with E-state index in [1.54, 1.807) is 26.8 Å². The molecule has 0 aliphatic carbocycles. The number of allylic oxidation sites excluding steroid dienone is 2. The van der Waals surface area contributed by atoms with E-state index in [2.05, 4.69) is 0 Å². The molecule has 0 heterocycles. The van der Waals surface area contributed by atoms with E-state index in [4.69, 9.17) is 13.4 Å². The van der Waals surface area contributed by atoms with Crippen LogP contribution in [0.1, 0.15) is 40.5 Å². The Hall–Kier alpha value is 0.0400. The van der Waals surface area contributed by atoms with Crippen LogP contribution >= 0.6 is 15.4 Å². The van der Waals surface area contributed by atoms with Gasteiger partial charge in [-0.3, -0.25) is 13.6 Å². The summed E-state index contributed by atoms with van der Waals surface area (Å²) in [4.78, 5) is 9.83. The molecule has 0 amide bonds. The molecule has 0 bridgehead atoms. The SMILES string of the molecule is CCC=C(CC)P(=O)(O)OP(=O)(OCC)OCC. The Balaban J connectivity index is 5.07. The summed E-state index contributed by atoms with van der Waals surface area (Å²) >= 11 is 0. The first-order chi connectivity index (χ1) is 8.35. The number of hydrogen-bond acceptors (Lipinski definition) is 5. The van der Waals surface area contributed by atoms with Crippen molar-refractivity contribution in [3.05, 3.63) is 11.4 Å². The minimum atomic E-state index is -4.15. The molecule has 0 rings (SSSR count). The normalized spacial score (nSPS) is 16.6. The van der Waals surface area contributed by atoms with Crippen LogP contribution in [0, 0.1) is 0 Å². The molecule has 0 fully saturated rings. The zero-order valence-electron chi connectivity index (χ0n) is 11.3. The van der Waals surface area contributed by atoms with Crippen molar-refractivity contribution in [3.63, 3.8) is 0 Å². The van der Waals surface area contributed by atoms with Crippen LogP contribution in [0.4, 0.5) is 0 Å². The maximum absolute atomic E-state index is 12.0. The fourth-order valence-corrected chi connectivity index (χ4v) is 4.68. The minimum Gasteiger partial charge on any atom is -0.321 e. The van der Waals surface area contributed by atoms with Gasteiger partial charge < -0.3 is 4.89 Å². The van der Waals surface area contributed by atoms with E-state index in [1.165, 1.54) is 0 Å². The molecule has 1 unspecified atom stereocenters. The molecule has 0 aliphatic rings. The van der Waals surface area contributed by atoms with Crippen LogP contribution < -0.4 is 0 Å². The second kappa shape index (κ2) is 8.26. The van der Waals surface area contributed by atoms with E-state index >= 15 is 0 Å². The molecule has 1 atom stereocenters. The molecule has 0 aromatic rings. The van der Waals surface area contributed by atoms with Gasteiger partial charge in [-0.25, -0.2) is 8.88 Å². The lowest BCUT2D eigenvalue weighted by molar-refractivity contribution is 0.163. The number of rotatable bonds is 9.